The maximum Gasteiger partial charge on any atom is 0.0715 e. The van der Waals surface area contributed by atoms with E-state index in [1.54, 1.807) is 0 Å². The number of anilines is 2. The van der Waals surface area contributed by atoms with Crippen molar-refractivity contribution in [3.63, 3.8) is 0 Å². The first kappa shape index (κ1) is 28.6. The van der Waals surface area contributed by atoms with Gasteiger partial charge in [0, 0.05) is 44.8 Å². The monoisotopic (exact) mass is 639 g/mol. The van der Waals surface area contributed by atoms with Crippen LogP contribution in [-0.2, 0) is 0 Å². The van der Waals surface area contributed by atoms with Crippen LogP contribution < -0.4 is 4.90 Å². The Labute approximate surface area is 292 Å². The number of pyridine rings is 1. The van der Waals surface area contributed by atoms with Gasteiger partial charge in [0.1, 0.15) is 0 Å². The Balaban J connectivity index is 1.17. The molecule has 8 aromatic rings. The Morgan fingerprint density at radius 2 is 1.08 bits per heavy atom. The van der Waals surface area contributed by atoms with Gasteiger partial charge in [-0.2, -0.15) is 0 Å². The van der Waals surface area contributed by atoms with Gasteiger partial charge < -0.3 is 9.47 Å². The Morgan fingerprint density at radius 3 is 1.82 bits per heavy atom. The highest BCUT2D eigenvalue weighted by Gasteiger charge is 2.43. The fourth-order valence-corrected chi connectivity index (χ4v) is 8.14. The number of fused-ring (bicyclic) bond motifs is 7. The van der Waals surface area contributed by atoms with Gasteiger partial charge in [0.15, 0.2) is 0 Å². The second kappa shape index (κ2) is 11.6. The summed E-state index contributed by atoms with van der Waals surface area (Å²) in [6.07, 6.45) is 4.78. The number of para-hydroxylation sites is 3. The van der Waals surface area contributed by atoms with Crippen LogP contribution in [0.2, 0.25) is 0 Å². The summed E-state index contributed by atoms with van der Waals surface area (Å²) >= 11 is 0. The van der Waals surface area contributed by atoms with Gasteiger partial charge in [0.25, 0.3) is 0 Å². The van der Waals surface area contributed by atoms with E-state index < -0.39 is 0 Å². The molecule has 3 heterocycles. The summed E-state index contributed by atoms with van der Waals surface area (Å²) in [5.74, 6) is 0.165. The number of benzene rings is 6. The smallest absolute Gasteiger partial charge is 0.0715 e. The van der Waals surface area contributed by atoms with Crippen LogP contribution in [0.4, 0.5) is 11.4 Å². The predicted octanol–water partition coefficient (Wildman–Crippen LogP) is 11.7. The predicted molar refractivity (Wildman–Crippen MR) is 207 cm³/mol. The third-order valence-corrected chi connectivity index (χ3v) is 10.3. The molecule has 1 aliphatic carbocycles. The molecule has 0 radical (unpaired) electrons. The van der Waals surface area contributed by atoms with Crippen molar-refractivity contribution in [2.45, 2.75) is 12.0 Å². The zero-order chi connectivity index (χ0) is 33.0. The molecule has 50 heavy (non-hydrogen) atoms. The van der Waals surface area contributed by atoms with Gasteiger partial charge in [-0.25, -0.2) is 4.98 Å². The van der Waals surface area contributed by atoms with Gasteiger partial charge in [-0.05, 0) is 65.2 Å². The van der Waals surface area contributed by atoms with Gasteiger partial charge >= 0.3 is 0 Å². The van der Waals surface area contributed by atoms with Gasteiger partial charge in [-0.1, -0.05) is 140 Å². The lowest BCUT2D eigenvalue weighted by Gasteiger charge is -2.31. The fraction of sp³-hybridized carbons (Fsp3) is 0.0426. The molecule has 3 nitrogen and oxygen atoms in total. The first-order chi connectivity index (χ1) is 24.8. The zero-order valence-corrected chi connectivity index (χ0v) is 27.4. The average molecular weight is 640 g/mol. The molecule has 0 amide bonds. The Bertz CT molecular complexity index is 2490. The van der Waals surface area contributed by atoms with Crippen LogP contribution in [0.1, 0.15) is 22.7 Å². The minimum Gasteiger partial charge on any atom is -0.333 e. The van der Waals surface area contributed by atoms with Crippen molar-refractivity contribution in [1.29, 1.82) is 0 Å². The van der Waals surface area contributed by atoms with Crippen molar-refractivity contribution in [3.8, 4) is 39.3 Å². The van der Waals surface area contributed by atoms with Gasteiger partial charge in [0.2, 0.25) is 0 Å². The molecule has 10 rings (SSSR count). The first-order valence-electron chi connectivity index (χ1n) is 17.3. The minimum absolute atomic E-state index is 0.163. The van der Waals surface area contributed by atoms with Gasteiger partial charge in [-0.3, -0.25) is 0 Å². The van der Waals surface area contributed by atoms with Crippen LogP contribution >= 0.6 is 0 Å². The molecule has 2 unspecified atom stereocenters. The molecule has 3 heteroatoms. The van der Waals surface area contributed by atoms with E-state index in [9.17, 15) is 0 Å². The molecular formula is C47H33N3. The molecule has 6 aromatic carbocycles. The molecule has 2 atom stereocenters. The molecule has 0 spiro atoms. The van der Waals surface area contributed by atoms with Crippen molar-refractivity contribution >= 4 is 28.4 Å². The SMILES string of the molecule is C1=CC2C(c3ccccc3N2c2ccccc2)c2c1c1ccccc1n2-c1cccc(-c2cc(-c3ccccc3)nc(-c3ccccc3)c2)c1. The summed E-state index contributed by atoms with van der Waals surface area (Å²) in [7, 11) is 0. The Kier molecular flexibility index (Phi) is 6.63. The summed E-state index contributed by atoms with van der Waals surface area (Å²) in [6.45, 7) is 0. The second-order valence-electron chi connectivity index (χ2n) is 13.2. The van der Waals surface area contributed by atoms with Gasteiger partial charge in [-0.15, -0.1) is 0 Å². The van der Waals surface area contributed by atoms with E-state index in [2.05, 4.69) is 198 Å². The molecule has 2 aliphatic rings. The lowest BCUT2D eigenvalue weighted by molar-refractivity contribution is 0.693. The maximum absolute atomic E-state index is 5.14. The highest BCUT2D eigenvalue weighted by molar-refractivity contribution is 5.96. The molecule has 236 valence electrons. The minimum atomic E-state index is 0.163. The third-order valence-electron chi connectivity index (χ3n) is 10.3. The summed E-state index contributed by atoms with van der Waals surface area (Å²) < 4.78 is 2.53. The Morgan fingerprint density at radius 1 is 0.480 bits per heavy atom. The van der Waals surface area contributed by atoms with Crippen molar-refractivity contribution in [2.75, 3.05) is 4.90 Å². The molecule has 0 saturated heterocycles. The molecular weight excluding hydrogens is 607 g/mol. The van der Waals surface area contributed by atoms with Crippen LogP contribution in [0.5, 0.6) is 0 Å². The zero-order valence-electron chi connectivity index (χ0n) is 27.4. The van der Waals surface area contributed by atoms with Crippen molar-refractivity contribution in [1.82, 2.24) is 9.55 Å². The van der Waals surface area contributed by atoms with Gasteiger partial charge in [0.05, 0.1) is 28.9 Å². The number of hydrogen-bond acceptors (Lipinski definition) is 2. The van der Waals surface area contributed by atoms with Crippen LogP contribution in [0, 0.1) is 0 Å². The van der Waals surface area contributed by atoms with Crippen LogP contribution in [0.3, 0.4) is 0 Å². The van der Waals surface area contributed by atoms with E-state index in [1.165, 1.54) is 39.1 Å². The van der Waals surface area contributed by atoms with Crippen LogP contribution in [-0.4, -0.2) is 15.6 Å². The van der Waals surface area contributed by atoms with Crippen molar-refractivity contribution < 1.29 is 0 Å². The molecule has 0 fully saturated rings. The topological polar surface area (TPSA) is 21.1 Å². The van der Waals surface area contributed by atoms with E-state index in [4.69, 9.17) is 4.98 Å². The van der Waals surface area contributed by atoms with E-state index >= 15 is 0 Å². The summed E-state index contributed by atoms with van der Waals surface area (Å²) in [4.78, 5) is 7.66. The van der Waals surface area contributed by atoms with Crippen molar-refractivity contribution in [3.05, 3.63) is 199 Å². The second-order valence-corrected chi connectivity index (χ2v) is 13.2. The van der Waals surface area contributed by atoms with E-state index in [-0.39, 0.29) is 12.0 Å². The van der Waals surface area contributed by atoms with Crippen LogP contribution in [0.25, 0.3) is 56.3 Å². The number of aromatic nitrogens is 2. The number of rotatable bonds is 5. The largest absolute Gasteiger partial charge is 0.333 e. The lowest BCUT2D eigenvalue weighted by atomic mass is 9.84. The molecule has 0 bridgehead atoms. The quantitative estimate of drug-likeness (QED) is 0.187. The standard InChI is InChI=1S/C47H33N3/c1-4-15-32(16-5-1)41-30-35(31-42(48-41)33-17-6-2-7-18-33)34-19-14-22-37(29-34)50-43-25-12-10-23-38(43)39-27-28-45-46(47(39)50)40-24-11-13-26-44(40)49(45)36-20-8-3-9-21-36/h1-31,45-46H. The summed E-state index contributed by atoms with van der Waals surface area (Å²) in [6, 6.07) is 63.3. The normalized spacial score (nSPS) is 15.9. The average Bonchev–Trinajstić information content (AvgIpc) is 3.72. The van der Waals surface area contributed by atoms with E-state index in [1.807, 2.05) is 0 Å². The third kappa shape index (κ3) is 4.55. The maximum atomic E-state index is 5.14. The highest BCUT2D eigenvalue weighted by Crippen LogP contribution is 2.53. The lowest BCUT2D eigenvalue weighted by Crippen LogP contribution is -2.31. The number of nitrogens with zero attached hydrogens (tertiary/aromatic N) is 3. The Hall–Kier alpha value is -6.45. The highest BCUT2D eigenvalue weighted by atomic mass is 15.2. The molecule has 2 aromatic heterocycles. The summed E-state index contributed by atoms with van der Waals surface area (Å²) in [5.41, 5.74) is 15.3. The molecule has 0 N–H and O–H groups in total. The fourth-order valence-electron chi connectivity index (χ4n) is 8.14. The van der Waals surface area contributed by atoms with E-state index in [0.29, 0.717) is 0 Å². The van der Waals surface area contributed by atoms with Crippen molar-refractivity contribution in [2.24, 2.45) is 0 Å². The van der Waals surface area contributed by atoms with E-state index in [0.717, 1.165) is 39.3 Å². The van der Waals surface area contributed by atoms with Crippen LogP contribution in [0.15, 0.2) is 182 Å². The first-order valence-corrected chi connectivity index (χ1v) is 17.3. The molecule has 0 saturated carbocycles. The molecule has 1 aliphatic heterocycles. The summed E-state index contributed by atoms with van der Waals surface area (Å²) in [5, 5.41) is 1.28. The number of hydrogen-bond donors (Lipinski definition) is 0.